The van der Waals surface area contributed by atoms with Crippen LogP contribution in [0.3, 0.4) is 0 Å². The predicted octanol–water partition coefficient (Wildman–Crippen LogP) is 0.758. The monoisotopic (exact) mass is 172 g/mol. The number of rotatable bonds is 6. The van der Waals surface area contributed by atoms with Crippen molar-refractivity contribution >= 4 is 5.91 Å². The molecule has 1 atom stereocenters. The molecule has 2 N–H and O–H groups in total. The largest absolute Gasteiger partial charge is 0.356 e. The molecule has 0 aliphatic carbocycles. The molecule has 0 spiro atoms. The van der Waals surface area contributed by atoms with Gasteiger partial charge in [0.1, 0.15) is 0 Å². The van der Waals surface area contributed by atoms with Gasteiger partial charge in [-0.05, 0) is 13.5 Å². The summed E-state index contributed by atoms with van der Waals surface area (Å²) in [4.78, 5) is 11.3. The van der Waals surface area contributed by atoms with Crippen molar-refractivity contribution in [2.24, 2.45) is 5.92 Å². The normalized spacial score (nSPS) is 12.6. The van der Waals surface area contributed by atoms with Crippen LogP contribution < -0.4 is 10.6 Å². The van der Waals surface area contributed by atoms with Crippen molar-refractivity contribution < 1.29 is 4.79 Å². The van der Waals surface area contributed by atoms with Crippen LogP contribution in [-0.4, -0.2) is 26.0 Å². The maximum atomic E-state index is 11.3. The minimum atomic E-state index is 0.0758. The lowest BCUT2D eigenvalue weighted by Crippen LogP contribution is -2.34. The zero-order valence-electron chi connectivity index (χ0n) is 8.31. The first-order valence-corrected chi connectivity index (χ1v) is 4.64. The molecule has 0 saturated heterocycles. The Kier molecular flexibility index (Phi) is 6.76. The van der Waals surface area contributed by atoms with Crippen molar-refractivity contribution in [1.29, 1.82) is 0 Å². The van der Waals surface area contributed by atoms with Gasteiger partial charge in [0.2, 0.25) is 5.91 Å². The van der Waals surface area contributed by atoms with E-state index in [0.29, 0.717) is 0 Å². The summed E-state index contributed by atoms with van der Waals surface area (Å²) in [5, 5.41) is 5.87. The Morgan fingerprint density at radius 3 is 2.67 bits per heavy atom. The quantitative estimate of drug-likeness (QED) is 0.581. The van der Waals surface area contributed by atoms with Gasteiger partial charge in [-0.25, -0.2) is 0 Å². The van der Waals surface area contributed by atoms with E-state index in [1.54, 1.807) is 0 Å². The highest BCUT2D eigenvalue weighted by Gasteiger charge is 2.09. The molecule has 0 rings (SSSR count). The standard InChI is InChI=1S/C9H20N2O/c1-4-5-6-11-9(12)8(2)7-10-3/h8,10H,4-7H2,1-3H3,(H,11,12). The van der Waals surface area contributed by atoms with Crippen molar-refractivity contribution in [3.63, 3.8) is 0 Å². The molecule has 0 aromatic heterocycles. The molecular weight excluding hydrogens is 152 g/mol. The summed E-state index contributed by atoms with van der Waals surface area (Å²) in [6.07, 6.45) is 2.19. The van der Waals surface area contributed by atoms with E-state index >= 15 is 0 Å². The average molecular weight is 172 g/mol. The lowest BCUT2D eigenvalue weighted by atomic mass is 10.1. The molecule has 0 saturated carbocycles. The molecule has 12 heavy (non-hydrogen) atoms. The van der Waals surface area contributed by atoms with Gasteiger partial charge >= 0.3 is 0 Å². The number of carbonyl (C=O) groups excluding carboxylic acids is 1. The molecule has 0 aliphatic heterocycles. The third-order valence-corrected chi connectivity index (χ3v) is 1.79. The van der Waals surface area contributed by atoms with Gasteiger partial charge in [0, 0.05) is 19.0 Å². The maximum Gasteiger partial charge on any atom is 0.224 e. The van der Waals surface area contributed by atoms with Gasteiger partial charge in [-0.2, -0.15) is 0 Å². The van der Waals surface area contributed by atoms with E-state index in [9.17, 15) is 4.79 Å². The summed E-state index contributed by atoms with van der Waals surface area (Å²) in [6, 6.07) is 0. The minimum absolute atomic E-state index is 0.0758. The molecule has 1 amide bonds. The molecule has 0 aliphatic rings. The van der Waals surface area contributed by atoms with Crippen LogP contribution in [-0.2, 0) is 4.79 Å². The van der Waals surface area contributed by atoms with Crippen LogP contribution in [0.2, 0.25) is 0 Å². The highest BCUT2D eigenvalue weighted by atomic mass is 16.1. The first-order chi connectivity index (χ1) is 5.72. The Morgan fingerprint density at radius 2 is 2.17 bits per heavy atom. The lowest BCUT2D eigenvalue weighted by molar-refractivity contribution is -0.124. The maximum absolute atomic E-state index is 11.3. The summed E-state index contributed by atoms with van der Waals surface area (Å²) in [5.74, 6) is 0.227. The van der Waals surface area contributed by atoms with Crippen molar-refractivity contribution in [3.05, 3.63) is 0 Å². The second kappa shape index (κ2) is 7.10. The molecule has 72 valence electrons. The van der Waals surface area contributed by atoms with Crippen LogP contribution in [0.5, 0.6) is 0 Å². The highest BCUT2D eigenvalue weighted by molar-refractivity contribution is 5.78. The summed E-state index contributed by atoms with van der Waals surface area (Å²) in [5.41, 5.74) is 0. The average Bonchev–Trinajstić information content (AvgIpc) is 2.05. The smallest absolute Gasteiger partial charge is 0.224 e. The first-order valence-electron chi connectivity index (χ1n) is 4.64. The number of hydrogen-bond acceptors (Lipinski definition) is 2. The van der Waals surface area contributed by atoms with E-state index in [-0.39, 0.29) is 11.8 Å². The van der Waals surface area contributed by atoms with Crippen molar-refractivity contribution in [2.75, 3.05) is 20.1 Å². The fourth-order valence-corrected chi connectivity index (χ4v) is 0.961. The van der Waals surface area contributed by atoms with E-state index in [4.69, 9.17) is 0 Å². The first kappa shape index (κ1) is 11.4. The van der Waals surface area contributed by atoms with E-state index in [1.165, 1.54) is 0 Å². The molecule has 0 heterocycles. The number of unbranched alkanes of at least 4 members (excludes halogenated alkanes) is 1. The van der Waals surface area contributed by atoms with Crippen LogP contribution in [0.25, 0.3) is 0 Å². The highest BCUT2D eigenvalue weighted by Crippen LogP contribution is 1.92. The van der Waals surface area contributed by atoms with Crippen molar-refractivity contribution in [2.45, 2.75) is 26.7 Å². The Bertz CT molecular complexity index is 126. The molecule has 1 unspecified atom stereocenters. The number of amides is 1. The van der Waals surface area contributed by atoms with E-state index < -0.39 is 0 Å². The van der Waals surface area contributed by atoms with E-state index in [2.05, 4.69) is 17.6 Å². The molecule has 0 bridgehead atoms. The van der Waals surface area contributed by atoms with E-state index in [1.807, 2.05) is 14.0 Å². The van der Waals surface area contributed by atoms with Crippen LogP contribution in [0.15, 0.2) is 0 Å². The van der Waals surface area contributed by atoms with Crippen molar-refractivity contribution in [1.82, 2.24) is 10.6 Å². The van der Waals surface area contributed by atoms with Crippen LogP contribution in [0.1, 0.15) is 26.7 Å². The zero-order valence-corrected chi connectivity index (χ0v) is 8.31. The molecule has 0 radical (unpaired) electrons. The van der Waals surface area contributed by atoms with Crippen LogP contribution >= 0.6 is 0 Å². The van der Waals surface area contributed by atoms with Crippen molar-refractivity contribution in [3.8, 4) is 0 Å². The topological polar surface area (TPSA) is 41.1 Å². The van der Waals surface area contributed by atoms with Crippen LogP contribution in [0, 0.1) is 5.92 Å². The lowest BCUT2D eigenvalue weighted by Gasteiger charge is -2.10. The Hall–Kier alpha value is -0.570. The number of hydrogen-bond donors (Lipinski definition) is 2. The molecule has 3 heteroatoms. The van der Waals surface area contributed by atoms with E-state index in [0.717, 1.165) is 25.9 Å². The Labute approximate surface area is 74.9 Å². The number of nitrogens with one attached hydrogen (secondary N) is 2. The second-order valence-corrected chi connectivity index (χ2v) is 3.10. The molecule has 0 fully saturated rings. The summed E-state index contributed by atoms with van der Waals surface area (Å²) >= 11 is 0. The van der Waals surface area contributed by atoms with Crippen LogP contribution in [0.4, 0.5) is 0 Å². The molecule has 3 nitrogen and oxygen atoms in total. The Balaban J connectivity index is 3.43. The summed E-state index contributed by atoms with van der Waals surface area (Å²) in [7, 11) is 1.86. The van der Waals surface area contributed by atoms with Gasteiger partial charge < -0.3 is 10.6 Å². The van der Waals surface area contributed by atoms with Gasteiger partial charge in [0.25, 0.3) is 0 Å². The third-order valence-electron chi connectivity index (χ3n) is 1.79. The van der Waals surface area contributed by atoms with Gasteiger partial charge in [-0.1, -0.05) is 20.3 Å². The third kappa shape index (κ3) is 5.13. The second-order valence-electron chi connectivity index (χ2n) is 3.10. The number of carbonyl (C=O) groups is 1. The van der Waals surface area contributed by atoms with Gasteiger partial charge in [0.15, 0.2) is 0 Å². The van der Waals surface area contributed by atoms with Gasteiger partial charge in [0.05, 0.1) is 0 Å². The fraction of sp³-hybridized carbons (Fsp3) is 0.889. The molecule has 0 aromatic rings. The minimum Gasteiger partial charge on any atom is -0.356 e. The molecular formula is C9H20N2O. The van der Waals surface area contributed by atoms with Gasteiger partial charge in [-0.3, -0.25) is 4.79 Å². The van der Waals surface area contributed by atoms with Gasteiger partial charge in [-0.15, -0.1) is 0 Å². The summed E-state index contributed by atoms with van der Waals surface area (Å²) in [6.45, 7) is 5.60. The Morgan fingerprint density at radius 1 is 1.50 bits per heavy atom. The SMILES string of the molecule is CCCCNC(=O)C(C)CNC. The summed E-state index contributed by atoms with van der Waals surface area (Å²) < 4.78 is 0. The molecule has 0 aromatic carbocycles. The zero-order chi connectivity index (χ0) is 9.40. The predicted molar refractivity (Wildman–Crippen MR) is 51.0 cm³/mol. The fourth-order valence-electron chi connectivity index (χ4n) is 0.961.